The summed E-state index contributed by atoms with van der Waals surface area (Å²) < 4.78 is 15.7. The van der Waals surface area contributed by atoms with Gasteiger partial charge in [0, 0.05) is 5.56 Å². The predicted molar refractivity (Wildman–Crippen MR) is 89.7 cm³/mol. The van der Waals surface area contributed by atoms with Gasteiger partial charge in [-0.2, -0.15) is 0 Å². The van der Waals surface area contributed by atoms with E-state index in [4.69, 9.17) is 9.15 Å². The number of carboxylic acid groups (broad SMARTS) is 1. The van der Waals surface area contributed by atoms with Crippen LogP contribution < -0.4 is 4.74 Å². The maximum atomic E-state index is 11.4. The van der Waals surface area contributed by atoms with Gasteiger partial charge in [-0.25, -0.2) is 4.79 Å². The van der Waals surface area contributed by atoms with Crippen LogP contribution in [0.15, 0.2) is 52.9 Å². The number of aliphatic carboxylic acids is 1. The lowest BCUT2D eigenvalue weighted by molar-refractivity contribution is -0.136. The Morgan fingerprint density at radius 2 is 1.88 bits per heavy atom. The Kier molecular flexibility index (Phi) is 4.70. The summed E-state index contributed by atoms with van der Waals surface area (Å²) in [5, 5.41) is 11.0. The topological polar surface area (TPSA) is 86.0 Å². The lowest BCUT2D eigenvalue weighted by Crippen LogP contribution is -2.05. The van der Waals surface area contributed by atoms with Gasteiger partial charge in [0.15, 0.2) is 0 Å². The van der Waals surface area contributed by atoms with Crippen LogP contribution in [0.1, 0.15) is 21.9 Å². The number of carbonyl (C=O) groups excluding carboxylic acids is 1. The van der Waals surface area contributed by atoms with Crippen molar-refractivity contribution in [3.63, 3.8) is 0 Å². The maximum absolute atomic E-state index is 11.4. The fourth-order valence-corrected chi connectivity index (χ4v) is 2.60. The van der Waals surface area contributed by atoms with E-state index in [1.807, 2.05) is 30.3 Å². The molecule has 0 amide bonds. The minimum Gasteiger partial charge on any atom is -0.485 e. The van der Waals surface area contributed by atoms with E-state index in [2.05, 4.69) is 4.74 Å². The van der Waals surface area contributed by atoms with Gasteiger partial charge in [0.25, 0.3) is 0 Å². The first-order valence-electron chi connectivity index (χ1n) is 7.60. The molecule has 3 aromatic rings. The first-order valence-corrected chi connectivity index (χ1v) is 7.60. The zero-order valence-corrected chi connectivity index (χ0v) is 13.5. The standard InChI is InChI=1S/C19H16O6/c1-23-19(22)17-9-7-13(25-17)11-24-16-8-6-12-4-2-3-5-14(12)15(16)10-18(20)21/h2-9H,10-11H2,1H3,(H,20,21). The molecule has 0 unspecified atom stereocenters. The summed E-state index contributed by atoms with van der Waals surface area (Å²) in [5.74, 6) is -0.506. The van der Waals surface area contributed by atoms with Gasteiger partial charge in [-0.3, -0.25) is 4.79 Å². The number of carbonyl (C=O) groups is 2. The van der Waals surface area contributed by atoms with Crippen LogP contribution in [-0.4, -0.2) is 24.2 Å². The number of carboxylic acids is 1. The summed E-state index contributed by atoms with van der Waals surface area (Å²) in [6.07, 6.45) is -0.151. The molecule has 1 N–H and O–H groups in total. The molecule has 0 fully saturated rings. The SMILES string of the molecule is COC(=O)c1ccc(COc2ccc3ccccc3c2CC(=O)O)o1. The molecule has 0 radical (unpaired) electrons. The molecule has 0 aliphatic rings. The molecular formula is C19H16O6. The highest BCUT2D eigenvalue weighted by atomic mass is 16.5. The molecule has 1 heterocycles. The molecule has 0 bridgehead atoms. The highest BCUT2D eigenvalue weighted by Crippen LogP contribution is 2.29. The summed E-state index contributed by atoms with van der Waals surface area (Å²) in [6.45, 7) is 0.0714. The second kappa shape index (κ2) is 7.09. The van der Waals surface area contributed by atoms with Crippen molar-refractivity contribution in [1.82, 2.24) is 0 Å². The van der Waals surface area contributed by atoms with E-state index in [0.717, 1.165) is 10.8 Å². The Morgan fingerprint density at radius 3 is 2.64 bits per heavy atom. The van der Waals surface area contributed by atoms with E-state index < -0.39 is 11.9 Å². The van der Waals surface area contributed by atoms with Crippen molar-refractivity contribution >= 4 is 22.7 Å². The van der Waals surface area contributed by atoms with Crippen molar-refractivity contribution in [2.24, 2.45) is 0 Å². The number of methoxy groups -OCH3 is 1. The average Bonchev–Trinajstić information content (AvgIpc) is 3.09. The average molecular weight is 340 g/mol. The van der Waals surface area contributed by atoms with Crippen LogP contribution in [0.25, 0.3) is 10.8 Å². The van der Waals surface area contributed by atoms with Crippen LogP contribution in [0.4, 0.5) is 0 Å². The molecule has 1 aromatic heterocycles. The molecule has 3 rings (SSSR count). The third-order valence-electron chi connectivity index (χ3n) is 3.74. The van der Waals surface area contributed by atoms with Crippen molar-refractivity contribution in [1.29, 1.82) is 0 Å². The Bertz CT molecular complexity index is 925. The highest BCUT2D eigenvalue weighted by molar-refractivity contribution is 5.90. The van der Waals surface area contributed by atoms with E-state index >= 15 is 0 Å². The van der Waals surface area contributed by atoms with Gasteiger partial charge in [0.1, 0.15) is 18.1 Å². The molecule has 2 aromatic carbocycles. The molecule has 6 nitrogen and oxygen atoms in total. The van der Waals surface area contributed by atoms with E-state index in [1.165, 1.54) is 13.2 Å². The van der Waals surface area contributed by atoms with Crippen LogP contribution in [-0.2, 0) is 22.6 Å². The van der Waals surface area contributed by atoms with E-state index in [9.17, 15) is 14.7 Å². The number of hydrogen-bond acceptors (Lipinski definition) is 5. The van der Waals surface area contributed by atoms with Crippen LogP contribution in [0.2, 0.25) is 0 Å². The quantitative estimate of drug-likeness (QED) is 0.692. The Balaban J connectivity index is 1.86. The van der Waals surface area contributed by atoms with Crippen molar-refractivity contribution in [3.05, 3.63) is 65.6 Å². The first-order chi connectivity index (χ1) is 12.1. The largest absolute Gasteiger partial charge is 0.485 e. The molecule has 128 valence electrons. The molecule has 0 atom stereocenters. The maximum Gasteiger partial charge on any atom is 0.373 e. The van der Waals surface area contributed by atoms with E-state index in [0.29, 0.717) is 17.1 Å². The van der Waals surface area contributed by atoms with Crippen LogP contribution in [0.3, 0.4) is 0 Å². The van der Waals surface area contributed by atoms with Gasteiger partial charge in [-0.1, -0.05) is 30.3 Å². The van der Waals surface area contributed by atoms with Crippen molar-refractivity contribution < 1.29 is 28.6 Å². The molecule has 0 spiro atoms. The zero-order chi connectivity index (χ0) is 17.8. The summed E-state index contributed by atoms with van der Waals surface area (Å²) >= 11 is 0. The Hall–Kier alpha value is -3.28. The molecule has 0 saturated heterocycles. The number of fused-ring (bicyclic) bond motifs is 1. The number of rotatable bonds is 6. The summed E-state index contributed by atoms with van der Waals surface area (Å²) in [4.78, 5) is 22.6. The fraction of sp³-hybridized carbons (Fsp3) is 0.158. The number of benzene rings is 2. The van der Waals surface area contributed by atoms with Crippen LogP contribution in [0, 0.1) is 0 Å². The molecule has 6 heteroatoms. The van der Waals surface area contributed by atoms with E-state index in [-0.39, 0.29) is 18.8 Å². The number of hydrogen-bond donors (Lipinski definition) is 1. The highest BCUT2D eigenvalue weighted by Gasteiger charge is 2.15. The Morgan fingerprint density at radius 1 is 1.08 bits per heavy atom. The summed E-state index contributed by atoms with van der Waals surface area (Å²) in [7, 11) is 1.27. The van der Waals surface area contributed by atoms with Gasteiger partial charge in [-0.15, -0.1) is 0 Å². The lowest BCUT2D eigenvalue weighted by atomic mass is 10.0. The number of ether oxygens (including phenoxy) is 2. The monoisotopic (exact) mass is 340 g/mol. The van der Waals surface area contributed by atoms with Crippen molar-refractivity contribution in [2.75, 3.05) is 7.11 Å². The summed E-state index contributed by atoms with van der Waals surface area (Å²) in [5.41, 5.74) is 0.602. The summed E-state index contributed by atoms with van der Waals surface area (Å²) in [6, 6.07) is 14.3. The fourth-order valence-electron chi connectivity index (χ4n) is 2.60. The second-order valence-electron chi connectivity index (χ2n) is 5.38. The van der Waals surface area contributed by atoms with Gasteiger partial charge in [0.05, 0.1) is 13.5 Å². The normalized spacial score (nSPS) is 10.6. The first kappa shape index (κ1) is 16.6. The molecule has 0 aliphatic heterocycles. The molecule has 0 saturated carbocycles. The number of furan rings is 1. The molecule has 0 aliphatic carbocycles. The lowest BCUT2D eigenvalue weighted by Gasteiger charge is -2.12. The van der Waals surface area contributed by atoms with Gasteiger partial charge in [0.2, 0.25) is 5.76 Å². The van der Waals surface area contributed by atoms with Crippen molar-refractivity contribution in [2.45, 2.75) is 13.0 Å². The number of esters is 1. The van der Waals surface area contributed by atoms with Crippen LogP contribution in [0.5, 0.6) is 5.75 Å². The van der Waals surface area contributed by atoms with Gasteiger partial charge in [-0.05, 0) is 29.0 Å². The third kappa shape index (κ3) is 3.63. The minimum absolute atomic E-state index is 0.0714. The van der Waals surface area contributed by atoms with Gasteiger partial charge < -0.3 is 19.0 Å². The minimum atomic E-state index is -0.938. The van der Waals surface area contributed by atoms with Crippen LogP contribution >= 0.6 is 0 Å². The van der Waals surface area contributed by atoms with Crippen molar-refractivity contribution in [3.8, 4) is 5.75 Å². The smallest absolute Gasteiger partial charge is 0.373 e. The zero-order valence-electron chi connectivity index (χ0n) is 13.5. The third-order valence-corrected chi connectivity index (χ3v) is 3.74. The second-order valence-corrected chi connectivity index (χ2v) is 5.38. The predicted octanol–water partition coefficient (Wildman–Crippen LogP) is 3.43. The molecule has 25 heavy (non-hydrogen) atoms. The van der Waals surface area contributed by atoms with Gasteiger partial charge >= 0.3 is 11.9 Å². The Labute approximate surface area is 143 Å². The molecular weight excluding hydrogens is 324 g/mol. The van der Waals surface area contributed by atoms with E-state index in [1.54, 1.807) is 12.1 Å².